The zero-order valence-electron chi connectivity index (χ0n) is 10.4. The quantitative estimate of drug-likeness (QED) is 0.787. The summed E-state index contributed by atoms with van der Waals surface area (Å²) in [5.74, 6) is 0.457. The molecule has 0 aromatic rings. The van der Waals surface area contributed by atoms with Crippen LogP contribution in [0, 0.1) is 0 Å². The van der Waals surface area contributed by atoms with Crippen molar-refractivity contribution in [2.24, 2.45) is 0 Å². The molecule has 0 bridgehead atoms. The maximum Gasteiger partial charge on any atom is 0.136 e. The highest BCUT2D eigenvalue weighted by Crippen LogP contribution is 2.20. The summed E-state index contributed by atoms with van der Waals surface area (Å²) in [6.45, 7) is 2.26. The Morgan fingerprint density at radius 1 is 1.25 bits per heavy atom. The van der Waals surface area contributed by atoms with Gasteiger partial charge in [0, 0.05) is 24.9 Å². The monoisotopic (exact) mass is 224 g/mol. The molecule has 1 N–H and O–H groups in total. The molecule has 0 aromatic carbocycles. The first-order valence-corrected chi connectivity index (χ1v) is 6.71. The lowest BCUT2D eigenvalue weighted by atomic mass is 9.97. The molecule has 2 fully saturated rings. The average Bonchev–Trinajstić information content (AvgIpc) is 2.66. The Balaban J connectivity index is 1.70. The van der Waals surface area contributed by atoms with E-state index in [1.54, 1.807) is 0 Å². The molecule has 2 saturated heterocycles. The Kier molecular flexibility index (Phi) is 4.36. The van der Waals surface area contributed by atoms with E-state index in [9.17, 15) is 4.79 Å². The van der Waals surface area contributed by atoms with Crippen molar-refractivity contribution in [2.45, 2.75) is 57.0 Å². The van der Waals surface area contributed by atoms with E-state index in [2.05, 4.69) is 17.3 Å². The summed E-state index contributed by atoms with van der Waals surface area (Å²) in [5.41, 5.74) is 0. The number of nitrogens with zero attached hydrogens (tertiary/aromatic N) is 1. The molecule has 2 unspecified atom stereocenters. The van der Waals surface area contributed by atoms with E-state index in [0.717, 1.165) is 19.4 Å². The van der Waals surface area contributed by atoms with Crippen LogP contribution in [-0.4, -0.2) is 42.9 Å². The van der Waals surface area contributed by atoms with Crippen molar-refractivity contribution in [3.05, 3.63) is 0 Å². The SMILES string of the molecule is CN1CCCC1CC(=O)CC1CCCCN1. The Morgan fingerprint density at radius 3 is 2.75 bits per heavy atom. The second kappa shape index (κ2) is 5.78. The minimum absolute atomic E-state index is 0.457. The summed E-state index contributed by atoms with van der Waals surface area (Å²) in [6.07, 6.45) is 7.74. The second-order valence-electron chi connectivity index (χ2n) is 5.37. The summed E-state index contributed by atoms with van der Waals surface area (Å²) in [6, 6.07) is 0.990. The van der Waals surface area contributed by atoms with Gasteiger partial charge in [-0.1, -0.05) is 6.42 Å². The Bertz CT molecular complexity index is 236. The van der Waals surface area contributed by atoms with Gasteiger partial charge < -0.3 is 10.2 Å². The van der Waals surface area contributed by atoms with Crippen molar-refractivity contribution in [3.63, 3.8) is 0 Å². The van der Waals surface area contributed by atoms with Gasteiger partial charge in [-0.05, 0) is 45.8 Å². The van der Waals surface area contributed by atoms with Gasteiger partial charge in [0.2, 0.25) is 0 Å². The number of hydrogen-bond acceptors (Lipinski definition) is 3. The molecule has 0 amide bonds. The molecule has 0 saturated carbocycles. The van der Waals surface area contributed by atoms with Gasteiger partial charge in [0.1, 0.15) is 5.78 Å². The van der Waals surface area contributed by atoms with E-state index >= 15 is 0 Å². The molecule has 3 heteroatoms. The van der Waals surface area contributed by atoms with Crippen molar-refractivity contribution in [2.75, 3.05) is 20.1 Å². The highest BCUT2D eigenvalue weighted by molar-refractivity contribution is 5.79. The number of carbonyl (C=O) groups is 1. The van der Waals surface area contributed by atoms with Crippen molar-refractivity contribution >= 4 is 5.78 Å². The van der Waals surface area contributed by atoms with Crippen LogP contribution < -0.4 is 5.32 Å². The number of nitrogens with one attached hydrogen (secondary N) is 1. The first-order valence-electron chi connectivity index (χ1n) is 6.71. The molecule has 2 rings (SSSR count). The highest BCUT2D eigenvalue weighted by Gasteiger charge is 2.24. The van der Waals surface area contributed by atoms with Crippen LogP contribution in [0.15, 0.2) is 0 Å². The molecular formula is C13H24N2O. The lowest BCUT2D eigenvalue weighted by Crippen LogP contribution is -2.37. The van der Waals surface area contributed by atoms with Crippen molar-refractivity contribution in [1.29, 1.82) is 0 Å². The largest absolute Gasteiger partial charge is 0.314 e. The minimum atomic E-state index is 0.457. The highest BCUT2D eigenvalue weighted by atomic mass is 16.1. The molecule has 0 spiro atoms. The van der Waals surface area contributed by atoms with Gasteiger partial charge in [0.15, 0.2) is 0 Å². The molecule has 2 aliphatic heterocycles. The van der Waals surface area contributed by atoms with E-state index in [4.69, 9.17) is 0 Å². The van der Waals surface area contributed by atoms with Gasteiger partial charge in [0.25, 0.3) is 0 Å². The summed E-state index contributed by atoms with van der Waals surface area (Å²) in [5, 5.41) is 3.45. The molecule has 0 radical (unpaired) electrons. The van der Waals surface area contributed by atoms with Crippen LogP contribution in [0.4, 0.5) is 0 Å². The molecule has 0 aliphatic carbocycles. The lowest BCUT2D eigenvalue weighted by Gasteiger charge is -2.24. The maximum atomic E-state index is 11.9. The van der Waals surface area contributed by atoms with Gasteiger partial charge in [-0.3, -0.25) is 4.79 Å². The third-order valence-electron chi connectivity index (χ3n) is 4.02. The van der Waals surface area contributed by atoms with Gasteiger partial charge in [-0.15, -0.1) is 0 Å². The predicted molar refractivity (Wildman–Crippen MR) is 65.5 cm³/mol. The van der Waals surface area contributed by atoms with E-state index in [1.807, 2.05) is 0 Å². The first kappa shape index (κ1) is 12.1. The first-order chi connectivity index (χ1) is 7.75. The number of Topliss-reactive ketones (excluding diaryl/α,β-unsaturated/α-hetero) is 1. The normalized spacial score (nSPS) is 31.8. The van der Waals surface area contributed by atoms with Crippen molar-refractivity contribution in [1.82, 2.24) is 10.2 Å². The predicted octanol–water partition coefficient (Wildman–Crippen LogP) is 1.57. The molecular weight excluding hydrogens is 200 g/mol. The van der Waals surface area contributed by atoms with Gasteiger partial charge >= 0.3 is 0 Å². The average molecular weight is 224 g/mol. The molecule has 2 atom stereocenters. The molecule has 16 heavy (non-hydrogen) atoms. The van der Waals surface area contributed by atoms with Crippen LogP contribution in [0.3, 0.4) is 0 Å². The molecule has 2 aliphatic rings. The third-order valence-corrected chi connectivity index (χ3v) is 4.02. The summed E-state index contributed by atoms with van der Waals surface area (Å²) >= 11 is 0. The zero-order valence-corrected chi connectivity index (χ0v) is 10.4. The smallest absolute Gasteiger partial charge is 0.136 e. The number of hydrogen-bond donors (Lipinski definition) is 1. The molecule has 3 nitrogen and oxygen atoms in total. The van der Waals surface area contributed by atoms with Crippen molar-refractivity contribution < 1.29 is 4.79 Å². The van der Waals surface area contributed by atoms with Gasteiger partial charge in [0.05, 0.1) is 0 Å². The van der Waals surface area contributed by atoms with Gasteiger partial charge in [-0.25, -0.2) is 0 Å². The second-order valence-corrected chi connectivity index (χ2v) is 5.37. The summed E-state index contributed by atoms with van der Waals surface area (Å²) in [4.78, 5) is 14.3. The van der Waals surface area contributed by atoms with Crippen molar-refractivity contribution in [3.8, 4) is 0 Å². The molecule has 2 heterocycles. The fraction of sp³-hybridized carbons (Fsp3) is 0.923. The van der Waals surface area contributed by atoms with Crippen LogP contribution in [0.5, 0.6) is 0 Å². The Hall–Kier alpha value is -0.410. The number of ketones is 1. The molecule has 0 aromatic heterocycles. The zero-order chi connectivity index (χ0) is 11.4. The van der Waals surface area contributed by atoms with Gasteiger partial charge in [-0.2, -0.15) is 0 Å². The third kappa shape index (κ3) is 3.29. The number of rotatable bonds is 4. The van der Waals surface area contributed by atoms with E-state index < -0.39 is 0 Å². The topological polar surface area (TPSA) is 32.3 Å². The number of likely N-dealkylation sites (tertiary alicyclic amines) is 1. The van der Waals surface area contributed by atoms with E-state index in [1.165, 1.54) is 38.6 Å². The Morgan fingerprint density at radius 2 is 2.12 bits per heavy atom. The lowest BCUT2D eigenvalue weighted by molar-refractivity contribution is -0.120. The van der Waals surface area contributed by atoms with Crippen LogP contribution in [-0.2, 0) is 4.79 Å². The summed E-state index contributed by atoms with van der Waals surface area (Å²) in [7, 11) is 2.14. The fourth-order valence-corrected chi connectivity index (χ4v) is 2.96. The van der Waals surface area contributed by atoms with Crippen LogP contribution in [0.25, 0.3) is 0 Å². The molecule has 92 valence electrons. The minimum Gasteiger partial charge on any atom is -0.314 e. The van der Waals surface area contributed by atoms with Crippen LogP contribution in [0.2, 0.25) is 0 Å². The standard InChI is InChI=1S/C13H24N2O/c1-15-8-4-6-12(15)10-13(16)9-11-5-2-3-7-14-11/h11-12,14H,2-10H2,1H3. The van der Waals surface area contributed by atoms with Crippen LogP contribution >= 0.6 is 0 Å². The van der Waals surface area contributed by atoms with Crippen LogP contribution in [0.1, 0.15) is 44.9 Å². The van der Waals surface area contributed by atoms with E-state index in [0.29, 0.717) is 17.9 Å². The fourth-order valence-electron chi connectivity index (χ4n) is 2.96. The summed E-state index contributed by atoms with van der Waals surface area (Å²) < 4.78 is 0. The number of carbonyl (C=O) groups excluding carboxylic acids is 1. The van der Waals surface area contributed by atoms with E-state index in [-0.39, 0.29) is 0 Å². The maximum absolute atomic E-state index is 11.9. The number of piperidine rings is 1. The Labute approximate surface area is 98.6 Å².